The van der Waals surface area contributed by atoms with E-state index in [0.29, 0.717) is 11.0 Å². The Labute approximate surface area is 85.9 Å². The van der Waals surface area contributed by atoms with Crippen LogP contribution in [0, 0.1) is 6.92 Å². The highest BCUT2D eigenvalue weighted by molar-refractivity contribution is 6.28. The standard InChI is InChI=1S/C9H8ClN3O/c1-5-3-7-6(4-8(5)14-2)11-9(10)13-12-7/h3-4H,1-2H3. The molecule has 14 heavy (non-hydrogen) atoms. The van der Waals surface area contributed by atoms with Crippen molar-refractivity contribution in [2.45, 2.75) is 6.92 Å². The summed E-state index contributed by atoms with van der Waals surface area (Å²) >= 11 is 5.63. The van der Waals surface area contributed by atoms with Crippen LogP contribution in [0.2, 0.25) is 5.28 Å². The van der Waals surface area contributed by atoms with E-state index in [-0.39, 0.29) is 5.28 Å². The van der Waals surface area contributed by atoms with Crippen LogP contribution in [-0.2, 0) is 0 Å². The molecule has 0 N–H and O–H groups in total. The second-order valence-electron chi connectivity index (χ2n) is 2.89. The van der Waals surface area contributed by atoms with Crippen molar-refractivity contribution in [1.29, 1.82) is 0 Å². The number of methoxy groups -OCH3 is 1. The number of rotatable bonds is 1. The molecule has 0 aliphatic heterocycles. The summed E-state index contributed by atoms with van der Waals surface area (Å²) in [6.45, 7) is 1.94. The van der Waals surface area contributed by atoms with E-state index in [1.54, 1.807) is 13.2 Å². The van der Waals surface area contributed by atoms with E-state index >= 15 is 0 Å². The van der Waals surface area contributed by atoms with E-state index in [1.165, 1.54) is 0 Å². The van der Waals surface area contributed by atoms with Crippen molar-refractivity contribution in [3.8, 4) is 5.75 Å². The number of benzene rings is 1. The van der Waals surface area contributed by atoms with Crippen LogP contribution in [0.4, 0.5) is 0 Å². The van der Waals surface area contributed by atoms with Crippen LogP contribution in [0.3, 0.4) is 0 Å². The first-order valence-electron chi connectivity index (χ1n) is 4.05. The van der Waals surface area contributed by atoms with Gasteiger partial charge in [-0.2, -0.15) is 0 Å². The fraction of sp³-hybridized carbons (Fsp3) is 0.222. The number of halogens is 1. The summed E-state index contributed by atoms with van der Waals surface area (Å²) in [6.07, 6.45) is 0. The summed E-state index contributed by atoms with van der Waals surface area (Å²) in [5.41, 5.74) is 2.40. The Kier molecular flexibility index (Phi) is 2.21. The van der Waals surface area contributed by atoms with Crippen molar-refractivity contribution >= 4 is 22.6 Å². The Balaban J connectivity index is 2.73. The van der Waals surface area contributed by atoms with Crippen molar-refractivity contribution in [3.63, 3.8) is 0 Å². The minimum Gasteiger partial charge on any atom is -0.496 e. The molecule has 1 aromatic heterocycles. The van der Waals surface area contributed by atoms with E-state index in [4.69, 9.17) is 16.3 Å². The number of fused-ring (bicyclic) bond motifs is 1. The Morgan fingerprint density at radius 2 is 2.00 bits per heavy atom. The molecule has 2 rings (SSSR count). The van der Waals surface area contributed by atoms with Gasteiger partial charge in [0, 0.05) is 6.07 Å². The molecular formula is C9H8ClN3O. The van der Waals surface area contributed by atoms with Gasteiger partial charge in [-0.05, 0) is 30.2 Å². The molecule has 4 nitrogen and oxygen atoms in total. The van der Waals surface area contributed by atoms with E-state index in [0.717, 1.165) is 11.3 Å². The van der Waals surface area contributed by atoms with Gasteiger partial charge in [-0.1, -0.05) is 0 Å². The molecule has 5 heteroatoms. The molecule has 72 valence electrons. The minimum absolute atomic E-state index is 0.142. The van der Waals surface area contributed by atoms with Crippen molar-refractivity contribution in [3.05, 3.63) is 23.0 Å². The predicted molar refractivity (Wildman–Crippen MR) is 53.6 cm³/mol. The average Bonchev–Trinajstić information content (AvgIpc) is 2.17. The van der Waals surface area contributed by atoms with Gasteiger partial charge in [0.15, 0.2) is 0 Å². The minimum atomic E-state index is 0.142. The number of hydrogen-bond acceptors (Lipinski definition) is 4. The summed E-state index contributed by atoms with van der Waals surface area (Å²) < 4.78 is 5.16. The van der Waals surface area contributed by atoms with Crippen molar-refractivity contribution in [2.24, 2.45) is 0 Å². The molecule has 0 saturated heterocycles. The van der Waals surface area contributed by atoms with Gasteiger partial charge in [-0.15, -0.1) is 10.2 Å². The van der Waals surface area contributed by atoms with Gasteiger partial charge in [0.1, 0.15) is 11.3 Å². The maximum Gasteiger partial charge on any atom is 0.243 e. The molecule has 0 unspecified atom stereocenters. The lowest BCUT2D eigenvalue weighted by Gasteiger charge is -2.04. The number of nitrogens with zero attached hydrogens (tertiary/aromatic N) is 3. The molecule has 0 bridgehead atoms. The first-order valence-corrected chi connectivity index (χ1v) is 4.43. The monoisotopic (exact) mass is 209 g/mol. The normalized spacial score (nSPS) is 10.5. The average molecular weight is 210 g/mol. The summed E-state index contributed by atoms with van der Waals surface area (Å²) in [6, 6.07) is 3.66. The Hall–Kier alpha value is -1.42. The maximum absolute atomic E-state index is 5.63. The van der Waals surface area contributed by atoms with Gasteiger partial charge in [0.25, 0.3) is 0 Å². The van der Waals surface area contributed by atoms with Crippen LogP contribution in [0.1, 0.15) is 5.56 Å². The second-order valence-corrected chi connectivity index (χ2v) is 3.23. The van der Waals surface area contributed by atoms with Crippen LogP contribution < -0.4 is 4.74 Å². The highest BCUT2D eigenvalue weighted by Crippen LogP contribution is 2.22. The highest BCUT2D eigenvalue weighted by Gasteiger charge is 2.04. The van der Waals surface area contributed by atoms with E-state index in [9.17, 15) is 0 Å². The molecule has 0 aliphatic rings. The first kappa shape index (κ1) is 9.15. The Bertz CT molecular complexity index is 487. The zero-order valence-electron chi connectivity index (χ0n) is 7.78. The SMILES string of the molecule is COc1cc2nc(Cl)nnc2cc1C. The molecule has 1 aromatic carbocycles. The van der Waals surface area contributed by atoms with Crippen LogP contribution in [-0.4, -0.2) is 22.3 Å². The van der Waals surface area contributed by atoms with Crippen LogP contribution in [0.25, 0.3) is 11.0 Å². The molecule has 0 radical (unpaired) electrons. The maximum atomic E-state index is 5.63. The molecule has 0 amide bonds. The number of aryl methyl sites for hydroxylation is 1. The number of aromatic nitrogens is 3. The first-order chi connectivity index (χ1) is 6.70. The number of ether oxygens (including phenoxy) is 1. The lowest BCUT2D eigenvalue weighted by Crippen LogP contribution is -1.93. The van der Waals surface area contributed by atoms with Crippen molar-refractivity contribution in [2.75, 3.05) is 7.11 Å². The molecular weight excluding hydrogens is 202 g/mol. The summed E-state index contributed by atoms with van der Waals surface area (Å²) in [7, 11) is 1.62. The smallest absolute Gasteiger partial charge is 0.243 e. The quantitative estimate of drug-likeness (QED) is 0.721. The van der Waals surface area contributed by atoms with Crippen LogP contribution in [0.5, 0.6) is 5.75 Å². The second kappa shape index (κ2) is 3.38. The molecule has 1 heterocycles. The molecule has 0 saturated carbocycles. The third kappa shape index (κ3) is 1.48. The highest BCUT2D eigenvalue weighted by atomic mass is 35.5. The topological polar surface area (TPSA) is 47.9 Å². The van der Waals surface area contributed by atoms with Gasteiger partial charge in [0.2, 0.25) is 5.28 Å². The molecule has 0 spiro atoms. The Morgan fingerprint density at radius 1 is 1.21 bits per heavy atom. The lowest BCUT2D eigenvalue weighted by molar-refractivity contribution is 0.412. The van der Waals surface area contributed by atoms with Gasteiger partial charge < -0.3 is 4.74 Å². The van der Waals surface area contributed by atoms with E-state index < -0.39 is 0 Å². The third-order valence-electron chi connectivity index (χ3n) is 1.95. The van der Waals surface area contributed by atoms with Gasteiger partial charge >= 0.3 is 0 Å². The van der Waals surface area contributed by atoms with Gasteiger partial charge in [0.05, 0.1) is 12.6 Å². The fourth-order valence-corrected chi connectivity index (χ4v) is 1.40. The lowest BCUT2D eigenvalue weighted by atomic mass is 10.2. The molecule has 2 aromatic rings. The zero-order chi connectivity index (χ0) is 10.1. The Morgan fingerprint density at radius 3 is 2.71 bits per heavy atom. The van der Waals surface area contributed by atoms with E-state index in [2.05, 4.69) is 15.2 Å². The number of hydrogen-bond donors (Lipinski definition) is 0. The van der Waals surface area contributed by atoms with Crippen molar-refractivity contribution < 1.29 is 4.74 Å². The summed E-state index contributed by atoms with van der Waals surface area (Å²) in [4.78, 5) is 4.04. The van der Waals surface area contributed by atoms with Crippen LogP contribution >= 0.6 is 11.6 Å². The third-order valence-corrected chi connectivity index (χ3v) is 2.11. The summed E-state index contributed by atoms with van der Waals surface area (Å²) in [5.74, 6) is 0.772. The van der Waals surface area contributed by atoms with Gasteiger partial charge in [-0.25, -0.2) is 4.98 Å². The largest absolute Gasteiger partial charge is 0.496 e. The zero-order valence-corrected chi connectivity index (χ0v) is 8.54. The van der Waals surface area contributed by atoms with Gasteiger partial charge in [-0.3, -0.25) is 0 Å². The molecule has 0 atom stereocenters. The van der Waals surface area contributed by atoms with E-state index in [1.807, 2.05) is 13.0 Å². The fourth-order valence-electron chi connectivity index (χ4n) is 1.27. The summed E-state index contributed by atoms with van der Waals surface area (Å²) in [5, 5.41) is 7.73. The van der Waals surface area contributed by atoms with Crippen molar-refractivity contribution in [1.82, 2.24) is 15.2 Å². The molecule has 0 aliphatic carbocycles. The van der Waals surface area contributed by atoms with Crippen LogP contribution in [0.15, 0.2) is 12.1 Å². The molecule has 0 fully saturated rings. The predicted octanol–water partition coefficient (Wildman–Crippen LogP) is 2.00.